The molecule has 2 rings (SSSR count). The van der Waals surface area contributed by atoms with Gasteiger partial charge in [-0.1, -0.05) is 22.0 Å². The highest BCUT2D eigenvalue weighted by Gasteiger charge is 2.11. The average molecular weight is 322 g/mol. The molecular formula is C14H16BrN3O. The topological polar surface area (TPSA) is 47.0 Å². The van der Waals surface area contributed by atoms with E-state index in [9.17, 15) is 0 Å². The number of rotatable bonds is 3. The molecule has 0 saturated carbocycles. The lowest BCUT2D eigenvalue weighted by atomic mass is 10.2. The molecule has 100 valence electrons. The molecule has 0 bridgehead atoms. The lowest BCUT2D eigenvalue weighted by Crippen LogP contribution is -2.03. The predicted octanol–water partition coefficient (Wildman–Crippen LogP) is 4.00. The van der Waals surface area contributed by atoms with Gasteiger partial charge in [-0.3, -0.25) is 0 Å². The quantitative estimate of drug-likeness (QED) is 0.928. The number of benzene rings is 1. The van der Waals surface area contributed by atoms with Gasteiger partial charge < -0.3 is 10.1 Å². The van der Waals surface area contributed by atoms with E-state index in [0.717, 1.165) is 27.2 Å². The number of hydrogen-bond donors (Lipinski definition) is 1. The number of ether oxygens (including phenoxy) is 1. The maximum atomic E-state index is 5.92. The fraction of sp³-hybridized carbons (Fsp3) is 0.286. The lowest BCUT2D eigenvalue weighted by Gasteiger charge is -2.13. The molecule has 0 spiro atoms. The van der Waals surface area contributed by atoms with Gasteiger partial charge in [-0.15, -0.1) is 0 Å². The van der Waals surface area contributed by atoms with Crippen LogP contribution in [-0.4, -0.2) is 17.0 Å². The van der Waals surface area contributed by atoms with Crippen LogP contribution >= 0.6 is 15.9 Å². The van der Waals surface area contributed by atoms with Gasteiger partial charge in [0.2, 0.25) is 5.88 Å². The Morgan fingerprint density at radius 1 is 1.16 bits per heavy atom. The molecule has 4 nitrogen and oxygen atoms in total. The highest BCUT2D eigenvalue weighted by atomic mass is 79.9. The van der Waals surface area contributed by atoms with Crippen molar-refractivity contribution in [2.45, 2.75) is 20.8 Å². The van der Waals surface area contributed by atoms with Crippen LogP contribution in [0.1, 0.15) is 17.0 Å². The first-order valence-electron chi connectivity index (χ1n) is 5.98. The SMILES string of the molecule is CNc1nc(C)nc(Oc2cc(Br)ccc2C)c1C. The highest BCUT2D eigenvalue weighted by Crippen LogP contribution is 2.30. The third-order valence-corrected chi connectivity index (χ3v) is 3.30. The van der Waals surface area contributed by atoms with Gasteiger partial charge in [0, 0.05) is 11.5 Å². The van der Waals surface area contributed by atoms with E-state index in [-0.39, 0.29) is 0 Å². The molecule has 19 heavy (non-hydrogen) atoms. The summed E-state index contributed by atoms with van der Waals surface area (Å²) in [5.41, 5.74) is 1.96. The Hall–Kier alpha value is -1.62. The summed E-state index contributed by atoms with van der Waals surface area (Å²) in [7, 11) is 1.84. The maximum absolute atomic E-state index is 5.92. The molecular weight excluding hydrogens is 306 g/mol. The van der Waals surface area contributed by atoms with E-state index in [1.807, 2.05) is 46.0 Å². The number of aromatic nitrogens is 2. The number of halogens is 1. The van der Waals surface area contributed by atoms with Gasteiger partial charge >= 0.3 is 0 Å². The average Bonchev–Trinajstić information content (AvgIpc) is 2.37. The molecule has 0 aliphatic carbocycles. The first-order chi connectivity index (χ1) is 9.01. The first-order valence-corrected chi connectivity index (χ1v) is 6.77. The van der Waals surface area contributed by atoms with Gasteiger partial charge in [0.1, 0.15) is 17.4 Å². The van der Waals surface area contributed by atoms with E-state index < -0.39 is 0 Å². The Kier molecular flexibility index (Phi) is 4.04. The van der Waals surface area contributed by atoms with Crippen LogP contribution in [0.15, 0.2) is 22.7 Å². The summed E-state index contributed by atoms with van der Waals surface area (Å²) in [6.07, 6.45) is 0. The minimum Gasteiger partial charge on any atom is -0.438 e. The summed E-state index contributed by atoms with van der Waals surface area (Å²) in [5.74, 6) is 2.84. The zero-order chi connectivity index (χ0) is 14.0. The molecule has 0 amide bonds. The van der Waals surface area contributed by atoms with Gasteiger partial charge in [-0.2, -0.15) is 4.98 Å². The van der Waals surface area contributed by atoms with Crippen molar-refractivity contribution in [3.05, 3.63) is 39.6 Å². The van der Waals surface area contributed by atoms with Crippen molar-refractivity contribution in [3.63, 3.8) is 0 Å². The van der Waals surface area contributed by atoms with Crippen molar-refractivity contribution in [1.82, 2.24) is 9.97 Å². The van der Waals surface area contributed by atoms with Crippen LogP contribution in [0.2, 0.25) is 0 Å². The molecule has 1 N–H and O–H groups in total. The van der Waals surface area contributed by atoms with Crippen LogP contribution < -0.4 is 10.1 Å². The fourth-order valence-electron chi connectivity index (χ4n) is 1.73. The number of nitrogens with zero attached hydrogens (tertiary/aromatic N) is 2. The highest BCUT2D eigenvalue weighted by molar-refractivity contribution is 9.10. The number of anilines is 1. The summed E-state index contributed by atoms with van der Waals surface area (Å²) >= 11 is 3.45. The second-order valence-electron chi connectivity index (χ2n) is 4.31. The Balaban J connectivity index is 2.43. The van der Waals surface area contributed by atoms with E-state index in [4.69, 9.17) is 4.74 Å². The van der Waals surface area contributed by atoms with Crippen molar-refractivity contribution >= 4 is 21.7 Å². The molecule has 0 aliphatic rings. The third kappa shape index (κ3) is 3.04. The summed E-state index contributed by atoms with van der Waals surface area (Å²) < 4.78 is 6.90. The second-order valence-corrected chi connectivity index (χ2v) is 5.23. The van der Waals surface area contributed by atoms with Crippen molar-refractivity contribution in [2.24, 2.45) is 0 Å². The zero-order valence-corrected chi connectivity index (χ0v) is 13.0. The van der Waals surface area contributed by atoms with Crippen molar-refractivity contribution in [2.75, 3.05) is 12.4 Å². The van der Waals surface area contributed by atoms with E-state index in [2.05, 4.69) is 31.2 Å². The second kappa shape index (κ2) is 5.57. The lowest BCUT2D eigenvalue weighted by molar-refractivity contribution is 0.452. The van der Waals surface area contributed by atoms with E-state index in [0.29, 0.717) is 11.7 Å². The molecule has 0 aliphatic heterocycles. The van der Waals surface area contributed by atoms with Crippen LogP contribution in [-0.2, 0) is 0 Å². The molecule has 0 fully saturated rings. The molecule has 1 aromatic heterocycles. The molecule has 0 atom stereocenters. The predicted molar refractivity (Wildman–Crippen MR) is 80.0 cm³/mol. The van der Waals surface area contributed by atoms with Crippen LogP contribution in [0.3, 0.4) is 0 Å². The minimum absolute atomic E-state index is 0.582. The Morgan fingerprint density at radius 2 is 1.89 bits per heavy atom. The number of aryl methyl sites for hydroxylation is 2. The van der Waals surface area contributed by atoms with Gasteiger partial charge in [0.15, 0.2) is 0 Å². The Labute approximate surface area is 121 Å². The molecule has 1 heterocycles. The van der Waals surface area contributed by atoms with Gasteiger partial charge in [0.05, 0.1) is 5.56 Å². The largest absolute Gasteiger partial charge is 0.438 e. The number of nitrogens with one attached hydrogen (secondary N) is 1. The monoisotopic (exact) mass is 321 g/mol. The summed E-state index contributed by atoms with van der Waals surface area (Å²) in [5, 5.41) is 3.05. The molecule has 5 heteroatoms. The van der Waals surface area contributed by atoms with Crippen LogP contribution in [0.4, 0.5) is 5.82 Å². The third-order valence-electron chi connectivity index (χ3n) is 2.81. The normalized spacial score (nSPS) is 10.4. The summed E-state index contributed by atoms with van der Waals surface area (Å²) in [6, 6.07) is 5.92. The van der Waals surface area contributed by atoms with Crippen molar-refractivity contribution < 1.29 is 4.74 Å². The standard InChI is InChI=1S/C14H16BrN3O/c1-8-5-6-11(15)7-12(8)19-14-9(2)13(16-4)17-10(3)18-14/h5-7H,1-4H3,(H,16,17,18). The zero-order valence-electron chi connectivity index (χ0n) is 11.4. The van der Waals surface area contributed by atoms with Crippen LogP contribution in [0.5, 0.6) is 11.6 Å². The van der Waals surface area contributed by atoms with E-state index in [1.165, 1.54) is 0 Å². The summed E-state index contributed by atoms with van der Waals surface area (Å²) in [4.78, 5) is 8.68. The van der Waals surface area contributed by atoms with E-state index in [1.54, 1.807) is 0 Å². The fourth-order valence-corrected chi connectivity index (χ4v) is 2.07. The molecule has 2 aromatic rings. The Morgan fingerprint density at radius 3 is 2.58 bits per heavy atom. The molecule has 0 saturated heterocycles. The van der Waals surface area contributed by atoms with Crippen molar-refractivity contribution in [3.8, 4) is 11.6 Å². The van der Waals surface area contributed by atoms with Crippen molar-refractivity contribution in [1.29, 1.82) is 0 Å². The maximum Gasteiger partial charge on any atom is 0.227 e. The minimum atomic E-state index is 0.582. The Bertz CT molecular complexity index is 614. The van der Waals surface area contributed by atoms with E-state index >= 15 is 0 Å². The van der Waals surface area contributed by atoms with Gasteiger partial charge in [-0.25, -0.2) is 4.98 Å². The van der Waals surface area contributed by atoms with Gasteiger partial charge in [-0.05, 0) is 38.5 Å². The van der Waals surface area contributed by atoms with Crippen LogP contribution in [0, 0.1) is 20.8 Å². The van der Waals surface area contributed by atoms with Crippen LogP contribution in [0.25, 0.3) is 0 Å². The molecule has 1 aromatic carbocycles. The number of hydrogen-bond acceptors (Lipinski definition) is 4. The molecule has 0 radical (unpaired) electrons. The summed E-state index contributed by atoms with van der Waals surface area (Å²) in [6.45, 7) is 5.79. The molecule has 0 unspecified atom stereocenters. The van der Waals surface area contributed by atoms with Gasteiger partial charge in [0.25, 0.3) is 0 Å². The smallest absolute Gasteiger partial charge is 0.227 e. The first kappa shape index (κ1) is 13.8.